The topological polar surface area (TPSA) is 90.9 Å². The Bertz CT molecular complexity index is 438. The largest absolute Gasteiger partial charge is 0.409 e. The van der Waals surface area contributed by atoms with E-state index in [0.717, 1.165) is 18.5 Å². The molecule has 0 radical (unpaired) electrons. The van der Waals surface area contributed by atoms with Crippen LogP contribution in [-0.2, 0) is 6.54 Å². The summed E-state index contributed by atoms with van der Waals surface area (Å²) in [5.74, 6) is -0.198. The zero-order valence-electron chi connectivity index (χ0n) is 10.9. The van der Waals surface area contributed by atoms with Crippen molar-refractivity contribution in [2.45, 2.75) is 19.9 Å². The van der Waals surface area contributed by atoms with Gasteiger partial charge in [-0.2, -0.15) is 0 Å². The fourth-order valence-corrected chi connectivity index (χ4v) is 1.77. The van der Waals surface area contributed by atoms with Gasteiger partial charge in [-0.3, -0.25) is 0 Å². The first-order valence-electron chi connectivity index (χ1n) is 6.16. The number of nitrogens with one attached hydrogen (secondary N) is 1. The second-order valence-electron chi connectivity index (χ2n) is 4.54. The molecule has 0 saturated heterocycles. The molecule has 0 spiro atoms. The van der Waals surface area contributed by atoms with Gasteiger partial charge in [0.15, 0.2) is 5.84 Å². The highest BCUT2D eigenvalue weighted by Gasteiger charge is 2.09. The third-order valence-electron chi connectivity index (χ3n) is 2.89. The van der Waals surface area contributed by atoms with Crippen LogP contribution in [0.2, 0.25) is 0 Å². The van der Waals surface area contributed by atoms with Crippen molar-refractivity contribution < 1.29 is 14.7 Å². The van der Waals surface area contributed by atoms with Crippen LogP contribution >= 0.6 is 0 Å². The molecule has 1 rings (SSSR count). The second-order valence-corrected chi connectivity index (χ2v) is 4.54. The molecule has 0 aliphatic rings. The lowest BCUT2D eigenvalue weighted by Crippen LogP contribution is -2.24. The number of aliphatic hydroxyl groups excluding tert-OH is 1. The van der Waals surface area contributed by atoms with Gasteiger partial charge in [-0.05, 0) is 36.6 Å². The smallest absolute Gasteiger partial charge is 0.170 e. The molecule has 1 aromatic carbocycles. The molecule has 0 bridgehead atoms. The van der Waals surface area contributed by atoms with Crippen LogP contribution in [0.5, 0.6) is 0 Å². The van der Waals surface area contributed by atoms with E-state index in [0.29, 0.717) is 18.0 Å². The lowest BCUT2D eigenvalue weighted by atomic mass is 10.1. The highest BCUT2D eigenvalue weighted by molar-refractivity contribution is 5.98. The highest BCUT2D eigenvalue weighted by atomic mass is 19.1. The third kappa shape index (κ3) is 4.84. The summed E-state index contributed by atoms with van der Waals surface area (Å²) in [6.07, 6.45) is 0.726. The summed E-state index contributed by atoms with van der Waals surface area (Å²) in [6, 6.07) is 4.18. The molecule has 0 heterocycles. The van der Waals surface area contributed by atoms with Crippen LogP contribution in [0.3, 0.4) is 0 Å². The van der Waals surface area contributed by atoms with E-state index >= 15 is 0 Å². The predicted octanol–water partition coefficient (Wildman–Crippen LogP) is 1.03. The number of oxime groups is 1. The van der Waals surface area contributed by atoms with Crippen LogP contribution in [0.1, 0.15) is 24.5 Å². The van der Waals surface area contributed by atoms with Crippen LogP contribution in [0, 0.1) is 11.7 Å². The summed E-state index contributed by atoms with van der Waals surface area (Å²) in [5.41, 5.74) is 6.65. The van der Waals surface area contributed by atoms with Gasteiger partial charge in [0, 0.05) is 18.7 Å². The van der Waals surface area contributed by atoms with Crippen molar-refractivity contribution in [1.82, 2.24) is 5.32 Å². The van der Waals surface area contributed by atoms with Crippen LogP contribution < -0.4 is 11.1 Å². The maximum atomic E-state index is 13.2. The quantitative estimate of drug-likeness (QED) is 0.257. The minimum atomic E-state index is -0.431. The fourth-order valence-electron chi connectivity index (χ4n) is 1.77. The number of nitrogens with two attached hydrogens (primary N) is 1. The van der Waals surface area contributed by atoms with Gasteiger partial charge in [0.2, 0.25) is 0 Å². The van der Waals surface area contributed by atoms with Gasteiger partial charge in [0.1, 0.15) is 5.82 Å². The van der Waals surface area contributed by atoms with Crippen molar-refractivity contribution in [3.63, 3.8) is 0 Å². The second kappa shape index (κ2) is 7.70. The van der Waals surface area contributed by atoms with Gasteiger partial charge >= 0.3 is 0 Å². The highest BCUT2D eigenvalue weighted by Crippen LogP contribution is 2.11. The molecule has 6 heteroatoms. The van der Waals surface area contributed by atoms with E-state index in [1.807, 2.05) is 6.92 Å². The van der Waals surface area contributed by atoms with E-state index < -0.39 is 5.82 Å². The fraction of sp³-hybridized carbons (Fsp3) is 0.462. The van der Waals surface area contributed by atoms with E-state index in [9.17, 15) is 4.39 Å². The SMILES string of the molecule is CC(CCO)CNCc1ccc(F)cc1C(N)=NO. The minimum absolute atomic E-state index is 0.111. The molecular formula is C13H20FN3O2. The van der Waals surface area contributed by atoms with Crippen molar-refractivity contribution in [3.05, 3.63) is 35.1 Å². The van der Waals surface area contributed by atoms with E-state index in [-0.39, 0.29) is 12.4 Å². The van der Waals surface area contributed by atoms with E-state index in [1.54, 1.807) is 6.07 Å². The zero-order chi connectivity index (χ0) is 14.3. The van der Waals surface area contributed by atoms with E-state index in [2.05, 4.69) is 10.5 Å². The number of rotatable bonds is 7. The molecule has 0 aromatic heterocycles. The zero-order valence-corrected chi connectivity index (χ0v) is 10.9. The summed E-state index contributed by atoms with van der Waals surface area (Å²) >= 11 is 0. The van der Waals surface area contributed by atoms with E-state index in [1.165, 1.54) is 12.1 Å². The van der Waals surface area contributed by atoms with Crippen LogP contribution in [0.25, 0.3) is 0 Å². The number of hydrogen-bond acceptors (Lipinski definition) is 4. The first-order chi connectivity index (χ1) is 9.08. The number of nitrogens with zero attached hydrogens (tertiary/aromatic N) is 1. The Morgan fingerprint density at radius 2 is 2.26 bits per heavy atom. The van der Waals surface area contributed by atoms with Gasteiger partial charge in [0.25, 0.3) is 0 Å². The molecule has 106 valence electrons. The molecule has 5 N–H and O–H groups in total. The summed E-state index contributed by atoms with van der Waals surface area (Å²) in [6.45, 7) is 3.41. The van der Waals surface area contributed by atoms with Crippen LogP contribution in [0.4, 0.5) is 4.39 Å². The molecule has 19 heavy (non-hydrogen) atoms. The molecular weight excluding hydrogens is 249 g/mol. The number of amidine groups is 1. The Hall–Kier alpha value is -1.66. The maximum Gasteiger partial charge on any atom is 0.170 e. The van der Waals surface area contributed by atoms with Crippen molar-refractivity contribution in [2.24, 2.45) is 16.8 Å². The Morgan fingerprint density at radius 1 is 1.53 bits per heavy atom. The van der Waals surface area contributed by atoms with Crippen LogP contribution in [-0.4, -0.2) is 29.3 Å². The number of halogens is 1. The molecule has 0 aliphatic heterocycles. The van der Waals surface area contributed by atoms with Gasteiger partial charge in [0.05, 0.1) is 0 Å². The lowest BCUT2D eigenvalue weighted by molar-refractivity contribution is 0.260. The summed E-state index contributed by atoms with van der Waals surface area (Å²) in [5, 5.41) is 23.6. The number of aliphatic hydroxyl groups is 1. The van der Waals surface area contributed by atoms with Gasteiger partial charge in [-0.15, -0.1) is 0 Å². The minimum Gasteiger partial charge on any atom is -0.409 e. The number of benzene rings is 1. The normalized spacial score (nSPS) is 13.5. The molecule has 5 nitrogen and oxygen atoms in total. The van der Waals surface area contributed by atoms with Gasteiger partial charge in [-0.1, -0.05) is 18.1 Å². The average molecular weight is 269 g/mol. The Labute approximate surface area is 111 Å². The Kier molecular flexibility index (Phi) is 6.24. The summed E-state index contributed by atoms with van der Waals surface area (Å²) < 4.78 is 13.2. The maximum absolute atomic E-state index is 13.2. The van der Waals surface area contributed by atoms with Crippen molar-refractivity contribution in [1.29, 1.82) is 0 Å². The molecule has 1 atom stereocenters. The van der Waals surface area contributed by atoms with Gasteiger partial charge in [-0.25, -0.2) is 4.39 Å². The van der Waals surface area contributed by atoms with Gasteiger partial charge < -0.3 is 21.4 Å². The van der Waals surface area contributed by atoms with Crippen molar-refractivity contribution in [2.75, 3.05) is 13.2 Å². The molecule has 0 amide bonds. The monoisotopic (exact) mass is 269 g/mol. The molecule has 1 unspecified atom stereocenters. The molecule has 1 aromatic rings. The molecule has 0 aliphatic carbocycles. The number of hydrogen-bond donors (Lipinski definition) is 4. The lowest BCUT2D eigenvalue weighted by Gasteiger charge is -2.13. The standard InChI is InChI=1S/C13H20FN3O2/c1-9(4-5-18)7-16-8-10-2-3-11(14)6-12(10)13(15)17-19/h2-3,6,9,16,18-19H,4-5,7-8H2,1H3,(H2,15,17). The summed E-state index contributed by atoms with van der Waals surface area (Å²) in [4.78, 5) is 0. The Morgan fingerprint density at radius 3 is 2.89 bits per heavy atom. The first-order valence-corrected chi connectivity index (χ1v) is 6.16. The average Bonchev–Trinajstić information content (AvgIpc) is 2.39. The molecule has 0 fully saturated rings. The predicted molar refractivity (Wildman–Crippen MR) is 71.5 cm³/mol. The molecule has 0 saturated carbocycles. The Balaban J connectivity index is 2.68. The summed E-state index contributed by atoms with van der Waals surface area (Å²) in [7, 11) is 0. The van der Waals surface area contributed by atoms with Crippen LogP contribution in [0.15, 0.2) is 23.4 Å². The van der Waals surface area contributed by atoms with Crippen molar-refractivity contribution in [3.8, 4) is 0 Å². The third-order valence-corrected chi connectivity index (χ3v) is 2.89. The van der Waals surface area contributed by atoms with Crippen molar-refractivity contribution >= 4 is 5.84 Å². The van der Waals surface area contributed by atoms with E-state index in [4.69, 9.17) is 16.0 Å². The first kappa shape index (κ1) is 15.4.